The summed E-state index contributed by atoms with van der Waals surface area (Å²) in [5, 5.41) is 8.65. The zero-order valence-electron chi connectivity index (χ0n) is 12.2. The molecule has 0 aliphatic heterocycles. The topological polar surface area (TPSA) is 29.9 Å². The second-order valence-corrected chi connectivity index (χ2v) is 5.84. The van der Waals surface area contributed by atoms with Crippen molar-refractivity contribution in [1.82, 2.24) is 15.1 Å². The fourth-order valence-corrected chi connectivity index (χ4v) is 2.40. The molecular formula is C14H26ClN3. The van der Waals surface area contributed by atoms with E-state index in [1.807, 2.05) is 0 Å². The lowest BCUT2D eigenvalue weighted by molar-refractivity contribution is 0.404. The Labute approximate surface area is 116 Å². The zero-order chi connectivity index (χ0) is 13.7. The summed E-state index contributed by atoms with van der Waals surface area (Å²) in [7, 11) is 0. The van der Waals surface area contributed by atoms with Gasteiger partial charge in [-0.05, 0) is 18.9 Å². The van der Waals surface area contributed by atoms with Crippen molar-refractivity contribution < 1.29 is 0 Å². The lowest BCUT2D eigenvalue weighted by atomic mass is 9.92. The third-order valence-electron chi connectivity index (χ3n) is 3.40. The number of nitrogens with one attached hydrogen (secondary N) is 1. The molecule has 0 bridgehead atoms. The van der Waals surface area contributed by atoms with Crippen LogP contribution in [0.3, 0.4) is 0 Å². The Morgan fingerprint density at radius 3 is 2.56 bits per heavy atom. The molecular weight excluding hydrogens is 246 g/mol. The molecule has 4 heteroatoms. The van der Waals surface area contributed by atoms with E-state index in [0.717, 1.165) is 24.5 Å². The van der Waals surface area contributed by atoms with Gasteiger partial charge in [0, 0.05) is 18.5 Å². The maximum atomic E-state index is 6.28. The van der Waals surface area contributed by atoms with Gasteiger partial charge >= 0.3 is 0 Å². The fraction of sp³-hybridized carbons (Fsp3) is 0.786. The normalized spacial score (nSPS) is 15.1. The highest BCUT2D eigenvalue weighted by atomic mass is 35.5. The molecule has 104 valence electrons. The minimum absolute atomic E-state index is 0.415. The van der Waals surface area contributed by atoms with Crippen molar-refractivity contribution in [2.45, 2.75) is 59.5 Å². The summed E-state index contributed by atoms with van der Waals surface area (Å²) in [4.78, 5) is 0. The number of aryl methyl sites for hydroxylation is 1. The third-order valence-corrected chi connectivity index (χ3v) is 3.69. The highest BCUT2D eigenvalue weighted by molar-refractivity contribution is 6.31. The summed E-state index contributed by atoms with van der Waals surface area (Å²) in [6.07, 6.45) is 2.85. The van der Waals surface area contributed by atoms with Crippen LogP contribution < -0.4 is 5.32 Å². The number of hydrogen-bond donors (Lipinski definition) is 1. The molecule has 0 amide bonds. The molecule has 18 heavy (non-hydrogen) atoms. The van der Waals surface area contributed by atoms with Crippen molar-refractivity contribution in [1.29, 1.82) is 0 Å². The van der Waals surface area contributed by atoms with E-state index in [4.69, 9.17) is 11.6 Å². The number of hydrogen-bond acceptors (Lipinski definition) is 2. The molecule has 2 atom stereocenters. The molecule has 3 nitrogen and oxygen atoms in total. The van der Waals surface area contributed by atoms with Gasteiger partial charge in [-0.25, -0.2) is 0 Å². The van der Waals surface area contributed by atoms with E-state index in [0.29, 0.717) is 17.9 Å². The van der Waals surface area contributed by atoms with E-state index in [-0.39, 0.29) is 0 Å². The van der Waals surface area contributed by atoms with Gasteiger partial charge in [-0.2, -0.15) is 5.10 Å². The van der Waals surface area contributed by atoms with Crippen LogP contribution in [0, 0.1) is 5.92 Å². The second-order valence-electron chi connectivity index (χ2n) is 5.43. The van der Waals surface area contributed by atoms with Crippen molar-refractivity contribution in [2.24, 2.45) is 5.92 Å². The van der Waals surface area contributed by atoms with Gasteiger partial charge in [0.1, 0.15) is 0 Å². The van der Waals surface area contributed by atoms with Gasteiger partial charge in [0.25, 0.3) is 0 Å². The molecule has 0 fully saturated rings. The molecule has 0 aliphatic carbocycles. The first-order chi connectivity index (χ1) is 8.47. The molecule has 0 saturated carbocycles. The van der Waals surface area contributed by atoms with Crippen LogP contribution in [0.25, 0.3) is 0 Å². The molecule has 1 heterocycles. The molecule has 1 N–H and O–H groups in total. The van der Waals surface area contributed by atoms with E-state index >= 15 is 0 Å². The monoisotopic (exact) mass is 271 g/mol. The Morgan fingerprint density at radius 1 is 1.33 bits per heavy atom. The van der Waals surface area contributed by atoms with Gasteiger partial charge in [-0.15, -0.1) is 0 Å². The minimum atomic E-state index is 0.415. The maximum Gasteiger partial charge on any atom is 0.0820 e. The van der Waals surface area contributed by atoms with Crippen molar-refractivity contribution >= 4 is 11.6 Å². The smallest absolute Gasteiger partial charge is 0.0820 e. The summed E-state index contributed by atoms with van der Waals surface area (Å²) < 4.78 is 2.05. The minimum Gasteiger partial charge on any atom is -0.314 e. The lowest BCUT2D eigenvalue weighted by Crippen LogP contribution is -2.30. The SMILES string of the molecule is CCCn1ncc(Cl)c1C(C)C(C)CNC(C)C. The Morgan fingerprint density at radius 2 is 2.00 bits per heavy atom. The van der Waals surface area contributed by atoms with Crippen molar-refractivity contribution in [3.63, 3.8) is 0 Å². The lowest BCUT2D eigenvalue weighted by Gasteiger charge is -2.23. The largest absolute Gasteiger partial charge is 0.314 e. The molecule has 0 spiro atoms. The summed E-state index contributed by atoms with van der Waals surface area (Å²) >= 11 is 6.28. The maximum absolute atomic E-state index is 6.28. The Balaban J connectivity index is 2.75. The summed E-state index contributed by atoms with van der Waals surface area (Å²) in [5.74, 6) is 0.954. The van der Waals surface area contributed by atoms with Gasteiger partial charge in [0.15, 0.2) is 0 Å². The molecule has 1 aromatic rings. The van der Waals surface area contributed by atoms with Crippen LogP contribution in [-0.4, -0.2) is 22.4 Å². The first kappa shape index (κ1) is 15.5. The van der Waals surface area contributed by atoms with E-state index in [2.05, 4.69) is 49.7 Å². The summed E-state index contributed by atoms with van der Waals surface area (Å²) in [6, 6.07) is 0.524. The van der Waals surface area contributed by atoms with Crippen LogP contribution in [-0.2, 0) is 6.54 Å². The van der Waals surface area contributed by atoms with E-state index < -0.39 is 0 Å². The number of nitrogens with zero attached hydrogens (tertiary/aromatic N) is 2. The zero-order valence-corrected chi connectivity index (χ0v) is 13.0. The van der Waals surface area contributed by atoms with Gasteiger partial charge in [0.05, 0.1) is 16.9 Å². The van der Waals surface area contributed by atoms with Crippen molar-refractivity contribution in [3.8, 4) is 0 Å². The molecule has 2 unspecified atom stereocenters. The van der Waals surface area contributed by atoms with Crippen LogP contribution in [0.2, 0.25) is 5.02 Å². The van der Waals surface area contributed by atoms with Gasteiger partial charge in [-0.1, -0.05) is 46.2 Å². The number of halogens is 1. The Kier molecular flexibility index (Phi) is 6.16. The van der Waals surface area contributed by atoms with Crippen LogP contribution in [0.5, 0.6) is 0 Å². The van der Waals surface area contributed by atoms with E-state index in [1.165, 1.54) is 5.69 Å². The van der Waals surface area contributed by atoms with Crippen molar-refractivity contribution in [3.05, 3.63) is 16.9 Å². The first-order valence-corrected chi connectivity index (χ1v) is 7.29. The molecule has 0 aromatic carbocycles. The quantitative estimate of drug-likeness (QED) is 0.820. The number of rotatable bonds is 7. The summed E-state index contributed by atoms with van der Waals surface area (Å²) in [6.45, 7) is 13.0. The first-order valence-electron chi connectivity index (χ1n) is 6.91. The molecule has 0 radical (unpaired) electrons. The third kappa shape index (κ3) is 3.99. The highest BCUT2D eigenvalue weighted by Crippen LogP contribution is 2.29. The fourth-order valence-electron chi connectivity index (χ4n) is 2.08. The van der Waals surface area contributed by atoms with Gasteiger partial charge in [0.2, 0.25) is 0 Å². The molecule has 1 aromatic heterocycles. The van der Waals surface area contributed by atoms with Crippen LogP contribution >= 0.6 is 11.6 Å². The van der Waals surface area contributed by atoms with E-state index in [9.17, 15) is 0 Å². The van der Waals surface area contributed by atoms with Gasteiger partial charge in [-0.3, -0.25) is 4.68 Å². The average Bonchev–Trinajstić information content (AvgIpc) is 2.67. The second kappa shape index (κ2) is 7.15. The molecule has 0 saturated heterocycles. The number of aromatic nitrogens is 2. The molecule has 1 rings (SSSR count). The van der Waals surface area contributed by atoms with Crippen molar-refractivity contribution in [2.75, 3.05) is 6.54 Å². The van der Waals surface area contributed by atoms with Crippen LogP contribution in [0.4, 0.5) is 0 Å². The standard InChI is InChI=1S/C14H26ClN3/c1-6-7-18-14(13(15)9-17-18)12(5)11(4)8-16-10(2)3/h9-12,16H,6-8H2,1-5H3. The Bertz CT molecular complexity index is 360. The highest BCUT2D eigenvalue weighted by Gasteiger charge is 2.21. The molecule has 0 aliphatic rings. The van der Waals surface area contributed by atoms with Crippen LogP contribution in [0.15, 0.2) is 6.20 Å². The predicted molar refractivity (Wildman–Crippen MR) is 78.2 cm³/mol. The van der Waals surface area contributed by atoms with Crippen LogP contribution in [0.1, 0.15) is 52.7 Å². The van der Waals surface area contributed by atoms with Gasteiger partial charge < -0.3 is 5.32 Å². The summed E-state index contributed by atoms with van der Waals surface area (Å²) in [5.41, 5.74) is 1.18. The average molecular weight is 272 g/mol. The van der Waals surface area contributed by atoms with E-state index in [1.54, 1.807) is 6.20 Å². The Hall–Kier alpha value is -0.540. The predicted octanol–water partition coefficient (Wildman–Crippen LogP) is 3.68.